The molecule has 0 aliphatic carbocycles. The highest BCUT2D eigenvalue weighted by molar-refractivity contribution is 6.40. The van der Waals surface area contributed by atoms with Crippen LogP contribution in [-0.4, -0.2) is 48.2 Å². The van der Waals surface area contributed by atoms with E-state index in [9.17, 15) is 9.59 Å². The Hall–Kier alpha value is -3.95. The molecule has 10 nitrogen and oxygen atoms in total. The first-order chi connectivity index (χ1) is 15.9. The first-order valence-electron chi connectivity index (χ1n) is 11.1. The Bertz CT molecular complexity index is 1360. The van der Waals surface area contributed by atoms with Crippen LogP contribution >= 0.6 is 0 Å². The fourth-order valence-electron chi connectivity index (χ4n) is 4.53. The molecule has 1 saturated heterocycles. The second kappa shape index (κ2) is 8.19. The van der Waals surface area contributed by atoms with Gasteiger partial charge in [0.1, 0.15) is 5.82 Å². The zero-order valence-corrected chi connectivity index (χ0v) is 18.6. The molecule has 170 valence electrons. The van der Waals surface area contributed by atoms with Crippen molar-refractivity contribution >= 4 is 45.1 Å². The number of aromatic amines is 1. The Labute approximate surface area is 190 Å². The lowest BCUT2D eigenvalue weighted by Gasteiger charge is -2.38. The quantitative estimate of drug-likeness (QED) is 0.414. The number of anilines is 2. The minimum atomic E-state index is -0.715. The maximum absolute atomic E-state index is 13.3. The molecule has 0 radical (unpaired) electrons. The van der Waals surface area contributed by atoms with E-state index in [1.54, 1.807) is 4.90 Å². The number of amides is 2. The number of nitrogens with one attached hydrogen (secondary N) is 2. The van der Waals surface area contributed by atoms with Gasteiger partial charge in [-0.1, -0.05) is 19.1 Å². The normalized spacial score (nSPS) is 18.7. The lowest BCUT2D eigenvalue weighted by molar-refractivity contribution is -0.146. The highest BCUT2D eigenvalue weighted by Gasteiger charge is 2.34. The third-order valence-corrected chi connectivity index (χ3v) is 6.33. The summed E-state index contributed by atoms with van der Waals surface area (Å²) in [6, 6.07) is 5.89. The van der Waals surface area contributed by atoms with Gasteiger partial charge in [-0.05, 0) is 37.3 Å². The lowest BCUT2D eigenvalue weighted by Crippen LogP contribution is -2.46. The van der Waals surface area contributed by atoms with Gasteiger partial charge in [0.15, 0.2) is 0 Å². The second-order valence-electron chi connectivity index (χ2n) is 8.63. The number of hydrogen-bond donors (Lipinski definition) is 3. The predicted octanol–water partition coefficient (Wildman–Crippen LogP) is 2.85. The van der Waals surface area contributed by atoms with Crippen LogP contribution in [0.15, 0.2) is 36.8 Å². The van der Waals surface area contributed by atoms with Crippen LogP contribution in [0.5, 0.6) is 0 Å². The Morgan fingerprint density at radius 2 is 2.12 bits per heavy atom. The molecule has 1 fully saturated rings. The average molecular weight is 447 g/mol. The number of nitrogens with two attached hydrogens (primary N) is 1. The van der Waals surface area contributed by atoms with Crippen molar-refractivity contribution in [2.24, 2.45) is 5.92 Å². The number of aromatic nitrogens is 5. The monoisotopic (exact) mass is 446 g/mol. The molecule has 4 heterocycles. The van der Waals surface area contributed by atoms with Gasteiger partial charge in [0.25, 0.3) is 0 Å². The van der Waals surface area contributed by atoms with Crippen LogP contribution in [0.3, 0.4) is 0 Å². The number of aryl methyl sites for hydroxylation is 1. The molecule has 33 heavy (non-hydrogen) atoms. The van der Waals surface area contributed by atoms with Crippen LogP contribution in [0.25, 0.3) is 21.8 Å². The van der Waals surface area contributed by atoms with E-state index in [-0.39, 0.29) is 6.04 Å². The number of rotatable bonds is 3. The number of carbonyl (C=O) groups excluding carboxylic acids is 2. The fraction of sp³-hybridized carbons (Fsp3) is 0.348. The molecule has 1 aliphatic heterocycles. The molecule has 2 amide bonds. The highest BCUT2D eigenvalue weighted by Crippen LogP contribution is 2.35. The number of H-pyrrole nitrogens is 1. The van der Waals surface area contributed by atoms with Gasteiger partial charge in [-0.15, -0.1) is 0 Å². The Morgan fingerprint density at radius 3 is 2.94 bits per heavy atom. The molecular formula is C23H26N8O2. The third kappa shape index (κ3) is 3.77. The van der Waals surface area contributed by atoms with E-state index < -0.39 is 11.8 Å². The highest BCUT2D eigenvalue weighted by atomic mass is 16.2. The number of carbonyl (C=O) groups is 2. The van der Waals surface area contributed by atoms with Gasteiger partial charge in [-0.2, -0.15) is 10.2 Å². The van der Waals surface area contributed by atoms with Crippen molar-refractivity contribution in [1.29, 1.82) is 0 Å². The van der Waals surface area contributed by atoms with E-state index in [2.05, 4.69) is 32.5 Å². The minimum absolute atomic E-state index is 0.188. The number of likely N-dealkylation sites (tertiary alicyclic amines) is 1. The summed E-state index contributed by atoms with van der Waals surface area (Å²) in [4.78, 5) is 32.1. The molecule has 10 heteroatoms. The molecule has 0 spiro atoms. The Morgan fingerprint density at radius 1 is 1.27 bits per heavy atom. The zero-order chi connectivity index (χ0) is 23.1. The summed E-state index contributed by atoms with van der Waals surface area (Å²) in [5.41, 5.74) is 8.63. The van der Waals surface area contributed by atoms with Crippen molar-refractivity contribution in [3.8, 4) is 0 Å². The summed E-state index contributed by atoms with van der Waals surface area (Å²) >= 11 is 0. The molecule has 3 aromatic heterocycles. The van der Waals surface area contributed by atoms with E-state index in [0.29, 0.717) is 34.9 Å². The molecule has 5 rings (SSSR count). The third-order valence-electron chi connectivity index (χ3n) is 6.33. The molecular weight excluding hydrogens is 420 g/mol. The van der Waals surface area contributed by atoms with E-state index >= 15 is 0 Å². The summed E-state index contributed by atoms with van der Waals surface area (Å²) in [7, 11) is 0. The molecule has 2 unspecified atom stereocenters. The molecule has 4 aromatic rings. The maximum Gasteiger partial charge on any atom is 0.314 e. The van der Waals surface area contributed by atoms with Gasteiger partial charge < -0.3 is 16.0 Å². The number of nitrogen functional groups attached to an aromatic ring is 1. The number of nitrogens with zero attached hydrogens (tertiary/aromatic N) is 5. The first kappa shape index (κ1) is 20.9. The summed E-state index contributed by atoms with van der Waals surface area (Å²) in [6.45, 7) is 5.44. The smallest absolute Gasteiger partial charge is 0.314 e. The van der Waals surface area contributed by atoms with Crippen molar-refractivity contribution in [2.75, 3.05) is 17.6 Å². The van der Waals surface area contributed by atoms with Gasteiger partial charge in [0, 0.05) is 24.7 Å². The van der Waals surface area contributed by atoms with Crippen LogP contribution in [0, 0.1) is 5.92 Å². The molecule has 1 aliphatic rings. The molecule has 1 aromatic carbocycles. The van der Waals surface area contributed by atoms with E-state index in [1.165, 1.54) is 12.4 Å². The summed E-state index contributed by atoms with van der Waals surface area (Å²) < 4.78 is 1.89. The van der Waals surface area contributed by atoms with Gasteiger partial charge in [-0.3, -0.25) is 19.4 Å². The molecule has 0 saturated carbocycles. The molecule has 0 bridgehead atoms. The van der Waals surface area contributed by atoms with Gasteiger partial charge in [0.05, 0.1) is 40.5 Å². The van der Waals surface area contributed by atoms with Crippen molar-refractivity contribution in [3.63, 3.8) is 0 Å². The van der Waals surface area contributed by atoms with E-state index in [4.69, 9.17) is 5.73 Å². The number of pyridine rings is 1. The van der Waals surface area contributed by atoms with Crippen LogP contribution in [-0.2, 0) is 16.1 Å². The number of hydrogen-bond acceptors (Lipinski definition) is 6. The number of piperidine rings is 1. The predicted molar refractivity (Wildman–Crippen MR) is 125 cm³/mol. The lowest BCUT2D eigenvalue weighted by atomic mass is 9.89. The Balaban J connectivity index is 1.42. The van der Waals surface area contributed by atoms with Crippen LogP contribution in [0.2, 0.25) is 0 Å². The van der Waals surface area contributed by atoms with E-state index in [1.807, 2.05) is 36.0 Å². The van der Waals surface area contributed by atoms with Crippen molar-refractivity contribution in [3.05, 3.63) is 42.4 Å². The number of benzene rings is 1. The standard InChI is InChI=1S/C23H26N8O2/c1-3-30-12-15-6-5-14(8-17(15)29-30)19-7-4-13(2)11-31(19)23(33)22(32)27-18-10-25-21(24)16-9-26-28-20(16)18/h5-6,8-10,12-13,19H,3-4,7,11H2,1-2H3,(H2,24,25)(H,26,28)(H,27,32). The van der Waals surface area contributed by atoms with E-state index in [0.717, 1.165) is 35.9 Å². The van der Waals surface area contributed by atoms with Crippen molar-refractivity contribution in [2.45, 2.75) is 39.3 Å². The van der Waals surface area contributed by atoms with Crippen molar-refractivity contribution < 1.29 is 9.59 Å². The van der Waals surface area contributed by atoms with Crippen LogP contribution in [0.4, 0.5) is 11.5 Å². The van der Waals surface area contributed by atoms with Gasteiger partial charge in [0.2, 0.25) is 0 Å². The molecule has 2 atom stereocenters. The summed E-state index contributed by atoms with van der Waals surface area (Å²) in [5, 5.41) is 15.7. The molecule has 4 N–H and O–H groups in total. The van der Waals surface area contributed by atoms with Gasteiger partial charge >= 0.3 is 11.8 Å². The van der Waals surface area contributed by atoms with Gasteiger partial charge in [-0.25, -0.2) is 4.98 Å². The minimum Gasteiger partial charge on any atom is -0.383 e. The topological polar surface area (TPSA) is 135 Å². The zero-order valence-electron chi connectivity index (χ0n) is 18.6. The second-order valence-corrected chi connectivity index (χ2v) is 8.63. The average Bonchev–Trinajstić information content (AvgIpc) is 3.47. The van der Waals surface area contributed by atoms with Crippen molar-refractivity contribution in [1.82, 2.24) is 29.9 Å². The van der Waals surface area contributed by atoms with Crippen LogP contribution in [0.1, 0.15) is 38.3 Å². The van der Waals surface area contributed by atoms with Crippen LogP contribution < -0.4 is 11.1 Å². The summed E-state index contributed by atoms with van der Waals surface area (Å²) in [6.07, 6.45) is 6.74. The summed E-state index contributed by atoms with van der Waals surface area (Å²) in [5.74, 6) is -0.685. The fourth-order valence-corrected chi connectivity index (χ4v) is 4.53. The first-order valence-corrected chi connectivity index (χ1v) is 11.1. The SMILES string of the molecule is CCn1cc2ccc(C3CCC(C)CN3C(=O)C(=O)Nc3cnc(N)c4cn[nH]c34)cc2n1. The maximum atomic E-state index is 13.3. The largest absolute Gasteiger partial charge is 0.383 e. The Kier molecular flexibility index (Phi) is 5.20. The number of fused-ring (bicyclic) bond motifs is 2.